The van der Waals surface area contributed by atoms with E-state index in [2.05, 4.69) is 15.7 Å². The number of amides is 1. The van der Waals surface area contributed by atoms with Crippen LogP contribution in [-0.4, -0.2) is 10.9 Å². The zero-order valence-corrected chi connectivity index (χ0v) is 10.4. The van der Waals surface area contributed by atoms with Crippen molar-refractivity contribution in [2.24, 2.45) is 5.84 Å². The van der Waals surface area contributed by atoms with Crippen LogP contribution in [0.2, 0.25) is 0 Å². The third-order valence-corrected chi connectivity index (χ3v) is 2.64. The van der Waals surface area contributed by atoms with E-state index in [1.165, 1.54) is 36.5 Å². The maximum atomic E-state index is 13.8. The van der Waals surface area contributed by atoms with E-state index in [4.69, 9.17) is 5.84 Å². The zero-order valence-electron chi connectivity index (χ0n) is 10.4. The lowest BCUT2D eigenvalue weighted by Crippen LogP contribution is -2.24. The summed E-state index contributed by atoms with van der Waals surface area (Å²) in [6.07, 6.45) is 1.27. The van der Waals surface area contributed by atoms with Crippen molar-refractivity contribution in [3.8, 4) is 0 Å². The van der Waals surface area contributed by atoms with Gasteiger partial charge in [0.15, 0.2) is 11.6 Å². The van der Waals surface area contributed by atoms with Crippen molar-refractivity contribution in [1.29, 1.82) is 0 Å². The number of nitrogens with zero attached hydrogens (tertiary/aromatic N) is 1. The number of benzene rings is 1. The van der Waals surface area contributed by atoms with Crippen LogP contribution in [-0.2, 0) is 6.54 Å². The van der Waals surface area contributed by atoms with Gasteiger partial charge in [-0.25, -0.2) is 19.6 Å². The van der Waals surface area contributed by atoms with Gasteiger partial charge in [-0.15, -0.1) is 0 Å². The first kappa shape index (κ1) is 13.9. The Morgan fingerprint density at radius 2 is 1.90 bits per heavy atom. The van der Waals surface area contributed by atoms with Crippen molar-refractivity contribution in [2.75, 3.05) is 5.43 Å². The number of anilines is 1. The molecule has 1 amide bonds. The second-order valence-corrected chi connectivity index (χ2v) is 3.97. The van der Waals surface area contributed by atoms with Gasteiger partial charge in [0.05, 0.1) is 5.56 Å². The number of pyridine rings is 1. The minimum Gasteiger partial charge on any atom is -0.348 e. The van der Waals surface area contributed by atoms with Crippen LogP contribution in [0, 0.1) is 11.6 Å². The fourth-order valence-corrected chi connectivity index (χ4v) is 1.60. The zero-order chi connectivity index (χ0) is 14.5. The van der Waals surface area contributed by atoms with Crippen molar-refractivity contribution in [1.82, 2.24) is 10.3 Å². The van der Waals surface area contributed by atoms with E-state index < -0.39 is 11.7 Å². The van der Waals surface area contributed by atoms with Gasteiger partial charge in [-0.05, 0) is 23.8 Å². The van der Waals surface area contributed by atoms with Gasteiger partial charge in [0.25, 0.3) is 5.91 Å². The minimum absolute atomic E-state index is 0.159. The molecule has 20 heavy (non-hydrogen) atoms. The van der Waals surface area contributed by atoms with E-state index in [9.17, 15) is 13.6 Å². The summed E-state index contributed by atoms with van der Waals surface area (Å²) in [6, 6.07) is 6.88. The highest BCUT2D eigenvalue weighted by Gasteiger charge is 2.15. The molecule has 1 heterocycles. The SMILES string of the molecule is NNc1nccc(C(=O)NCc2ccc(F)cc2)c1F. The Kier molecular flexibility index (Phi) is 4.21. The summed E-state index contributed by atoms with van der Waals surface area (Å²) in [7, 11) is 0. The number of nitrogens with one attached hydrogen (secondary N) is 2. The molecular weight excluding hydrogens is 266 g/mol. The predicted octanol–water partition coefficient (Wildman–Crippen LogP) is 1.58. The fraction of sp³-hybridized carbons (Fsp3) is 0.0769. The summed E-state index contributed by atoms with van der Waals surface area (Å²) in [6.45, 7) is 0.159. The molecule has 0 saturated carbocycles. The van der Waals surface area contributed by atoms with E-state index in [0.29, 0.717) is 5.56 Å². The monoisotopic (exact) mass is 278 g/mol. The molecule has 5 nitrogen and oxygen atoms in total. The number of carbonyl (C=O) groups is 1. The predicted molar refractivity (Wildman–Crippen MR) is 69.6 cm³/mol. The van der Waals surface area contributed by atoms with E-state index in [-0.39, 0.29) is 23.7 Å². The number of halogens is 2. The second kappa shape index (κ2) is 6.07. The van der Waals surface area contributed by atoms with Crippen molar-refractivity contribution in [3.63, 3.8) is 0 Å². The Balaban J connectivity index is 2.07. The first-order valence-corrected chi connectivity index (χ1v) is 5.75. The quantitative estimate of drug-likeness (QED) is 0.586. The highest BCUT2D eigenvalue weighted by molar-refractivity contribution is 5.95. The van der Waals surface area contributed by atoms with Crippen LogP contribution < -0.4 is 16.6 Å². The van der Waals surface area contributed by atoms with Crippen LogP contribution in [0.3, 0.4) is 0 Å². The van der Waals surface area contributed by atoms with Gasteiger partial charge in [0.1, 0.15) is 5.82 Å². The molecule has 0 atom stereocenters. The van der Waals surface area contributed by atoms with E-state index in [1.807, 2.05) is 0 Å². The smallest absolute Gasteiger partial charge is 0.254 e. The van der Waals surface area contributed by atoms with Crippen molar-refractivity contribution < 1.29 is 13.6 Å². The molecule has 1 aromatic carbocycles. The number of hydrogen-bond donors (Lipinski definition) is 3. The fourth-order valence-electron chi connectivity index (χ4n) is 1.60. The Morgan fingerprint density at radius 3 is 2.55 bits per heavy atom. The minimum atomic E-state index is -0.827. The maximum Gasteiger partial charge on any atom is 0.254 e. The summed E-state index contributed by atoms with van der Waals surface area (Å²) >= 11 is 0. The molecule has 0 spiro atoms. The molecule has 104 valence electrons. The van der Waals surface area contributed by atoms with Crippen LogP contribution in [0.1, 0.15) is 15.9 Å². The number of rotatable bonds is 4. The number of nitrogens with two attached hydrogens (primary N) is 1. The number of hydrogen-bond acceptors (Lipinski definition) is 4. The van der Waals surface area contributed by atoms with E-state index in [1.54, 1.807) is 0 Å². The van der Waals surface area contributed by atoms with Crippen LogP contribution in [0.5, 0.6) is 0 Å². The number of hydrazine groups is 1. The first-order chi connectivity index (χ1) is 9.61. The molecule has 0 fully saturated rings. The van der Waals surface area contributed by atoms with Crippen molar-refractivity contribution in [3.05, 3.63) is 59.3 Å². The lowest BCUT2D eigenvalue weighted by atomic mass is 10.2. The summed E-state index contributed by atoms with van der Waals surface area (Å²) in [4.78, 5) is 15.5. The van der Waals surface area contributed by atoms with Gasteiger partial charge in [-0.3, -0.25) is 4.79 Å². The molecule has 2 aromatic rings. The molecule has 4 N–H and O–H groups in total. The van der Waals surface area contributed by atoms with Crippen LogP contribution in [0.15, 0.2) is 36.5 Å². The average Bonchev–Trinajstić information content (AvgIpc) is 2.46. The Bertz CT molecular complexity index is 616. The standard InChI is InChI=1S/C13H12F2N4O/c14-9-3-1-8(2-4-9)7-18-13(20)10-5-6-17-12(19-16)11(10)15/h1-6H,7,16H2,(H,17,19)(H,18,20). The Morgan fingerprint density at radius 1 is 1.20 bits per heavy atom. The van der Waals surface area contributed by atoms with E-state index >= 15 is 0 Å². The topological polar surface area (TPSA) is 80.0 Å². The molecule has 0 saturated heterocycles. The number of carbonyl (C=O) groups excluding carboxylic acids is 1. The summed E-state index contributed by atoms with van der Waals surface area (Å²) in [5.41, 5.74) is 2.59. The lowest BCUT2D eigenvalue weighted by Gasteiger charge is -2.08. The van der Waals surface area contributed by atoms with Gasteiger partial charge in [0.2, 0.25) is 0 Å². The third-order valence-electron chi connectivity index (χ3n) is 2.64. The van der Waals surface area contributed by atoms with Crippen LogP contribution >= 0.6 is 0 Å². The number of aromatic nitrogens is 1. The van der Waals surface area contributed by atoms with E-state index in [0.717, 1.165) is 0 Å². The molecule has 0 aliphatic heterocycles. The normalized spacial score (nSPS) is 10.2. The molecule has 0 unspecified atom stereocenters. The molecule has 0 radical (unpaired) electrons. The second-order valence-electron chi connectivity index (χ2n) is 3.97. The van der Waals surface area contributed by atoms with Gasteiger partial charge in [-0.2, -0.15) is 0 Å². The molecule has 0 aliphatic carbocycles. The summed E-state index contributed by atoms with van der Waals surface area (Å²) < 4.78 is 26.5. The van der Waals surface area contributed by atoms with Gasteiger partial charge < -0.3 is 10.7 Å². The number of nitrogen functional groups attached to an aromatic ring is 1. The average molecular weight is 278 g/mol. The van der Waals surface area contributed by atoms with Gasteiger partial charge >= 0.3 is 0 Å². The molecule has 2 rings (SSSR count). The molecule has 1 aromatic heterocycles. The molecule has 7 heteroatoms. The highest BCUT2D eigenvalue weighted by atomic mass is 19.1. The van der Waals surface area contributed by atoms with Gasteiger partial charge in [0, 0.05) is 12.7 Å². The molecule has 0 bridgehead atoms. The molecule has 0 aliphatic rings. The van der Waals surface area contributed by atoms with Crippen LogP contribution in [0.4, 0.5) is 14.6 Å². The van der Waals surface area contributed by atoms with Gasteiger partial charge in [-0.1, -0.05) is 12.1 Å². The van der Waals surface area contributed by atoms with Crippen LogP contribution in [0.25, 0.3) is 0 Å². The summed E-state index contributed by atoms with van der Waals surface area (Å²) in [5.74, 6) is 3.08. The van der Waals surface area contributed by atoms with Crippen molar-refractivity contribution in [2.45, 2.75) is 6.54 Å². The third kappa shape index (κ3) is 3.07. The molecular formula is C13H12F2N4O. The maximum absolute atomic E-state index is 13.8. The lowest BCUT2D eigenvalue weighted by molar-refractivity contribution is 0.0947. The highest BCUT2D eigenvalue weighted by Crippen LogP contribution is 2.14. The first-order valence-electron chi connectivity index (χ1n) is 5.75. The Hall–Kier alpha value is -2.54. The largest absolute Gasteiger partial charge is 0.348 e. The van der Waals surface area contributed by atoms with Crippen molar-refractivity contribution >= 4 is 11.7 Å². The summed E-state index contributed by atoms with van der Waals surface area (Å²) in [5, 5.41) is 2.53. The Labute approximate surface area is 113 Å².